The van der Waals surface area contributed by atoms with Crippen LogP contribution in [0.15, 0.2) is 18.2 Å². The van der Waals surface area contributed by atoms with Crippen LogP contribution in [0.2, 0.25) is 5.02 Å². The summed E-state index contributed by atoms with van der Waals surface area (Å²) in [6, 6.07) is 5.46. The summed E-state index contributed by atoms with van der Waals surface area (Å²) in [6.07, 6.45) is 5.27. The van der Waals surface area contributed by atoms with Crippen LogP contribution in [0.1, 0.15) is 36.0 Å². The standard InChI is InChI=1S/C14H15ClINO/c15-11-7-9(1-4-12(11)16)13(18)17-8-14(5-6-14)10-2-3-10/h1,4,7,10H,2-3,5-6,8H2,(H,17,18). The van der Waals surface area contributed by atoms with Gasteiger partial charge in [-0.2, -0.15) is 0 Å². The minimum atomic E-state index is 0.000208. The van der Waals surface area contributed by atoms with E-state index in [1.807, 2.05) is 12.1 Å². The summed E-state index contributed by atoms with van der Waals surface area (Å²) in [5, 5.41) is 3.71. The lowest BCUT2D eigenvalue weighted by Crippen LogP contribution is -2.31. The first-order chi connectivity index (χ1) is 8.61. The van der Waals surface area contributed by atoms with E-state index >= 15 is 0 Å². The molecule has 1 amide bonds. The molecule has 0 saturated heterocycles. The van der Waals surface area contributed by atoms with Gasteiger partial charge in [0.15, 0.2) is 0 Å². The number of carbonyl (C=O) groups is 1. The molecule has 1 N–H and O–H groups in total. The first kappa shape index (κ1) is 12.7. The minimum absolute atomic E-state index is 0.000208. The van der Waals surface area contributed by atoms with Gasteiger partial charge in [-0.1, -0.05) is 11.6 Å². The van der Waals surface area contributed by atoms with E-state index in [0.29, 0.717) is 16.0 Å². The number of hydrogen-bond acceptors (Lipinski definition) is 1. The van der Waals surface area contributed by atoms with Crippen molar-refractivity contribution < 1.29 is 4.79 Å². The zero-order valence-corrected chi connectivity index (χ0v) is 12.9. The Labute approximate surface area is 126 Å². The predicted molar refractivity (Wildman–Crippen MR) is 80.9 cm³/mol. The molecule has 2 nitrogen and oxygen atoms in total. The van der Waals surface area contributed by atoms with E-state index < -0.39 is 0 Å². The van der Waals surface area contributed by atoms with Crippen molar-refractivity contribution in [2.75, 3.05) is 6.54 Å². The molecule has 0 bridgehead atoms. The van der Waals surface area contributed by atoms with Crippen LogP contribution < -0.4 is 5.32 Å². The summed E-state index contributed by atoms with van der Waals surface area (Å²) < 4.78 is 0.975. The van der Waals surface area contributed by atoms with Crippen molar-refractivity contribution in [3.05, 3.63) is 32.4 Å². The Morgan fingerprint density at radius 2 is 2.17 bits per heavy atom. The topological polar surface area (TPSA) is 29.1 Å². The number of hydrogen-bond donors (Lipinski definition) is 1. The van der Waals surface area contributed by atoms with Crippen molar-refractivity contribution in [1.29, 1.82) is 0 Å². The van der Waals surface area contributed by atoms with Crippen molar-refractivity contribution in [2.24, 2.45) is 11.3 Å². The number of amides is 1. The molecule has 0 atom stereocenters. The highest BCUT2D eigenvalue weighted by molar-refractivity contribution is 14.1. The third kappa shape index (κ3) is 2.52. The van der Waals surface area contributed by atoms with Crippen LogP contribution in [0.4, 0.5) is 0 Å². The van der Waals surface area contributed by atoms with E-state index in [2.05, 4.69) is 27.9 Å². The monoisotopic (exact) mass is 375 g/mol. The molecular weight excluding hydrogens is 361 g/mol. The molecule has 0 aliphatic heterocycles. The van der Waals surface area contributed by atoms with Gasteiger partial charge >= 0.3 is 0 Å². The number of rotatable bonds is 4. The molecule has 4 heteroatoms. The van der Waals surface area contributed by atoms with Crippen LogP contribution in [0.3, 0.4) is 0 Å². The van der Waals surface area contributed by atoms with Crippen molar-refractivity contribution in [3.63, 3.8) is 0 Å². The molecule has 0 aromatic heterocycles. The second-order valence-corrected chi connectivity index (χ2v) is 7.02. The van der Waals surface area contributed by atoms with Crippen molar-refractivity contribution in [2.45, 2.75) is 25.7 Å². The molecular formula is C14H15ClINO. The smallest absolute Gasteiger partial charge is 0.251 e. The average Bonchev–Trinajstić information content (AvgIpc) is 3.22. The van der Waals surface area contributed by atoms with Crippen LogP contribution in [-0.2, 0) is 0 Å². The molecule has 0 spiro atoms. The minimum Gasteiger partial charge on any atom is -0.351 e. The van der Waals surface area contributed by atoms with Gasteiger partial charge in [-0.05, 0) is 77.8 Å². The largest absolute Gasteiger partial charge is 0.351 e. The first-order valence-electron chi connectivity index (χ1n) is 6.34. The molecule has 2 fully saturated rings. The first-order valence-corrected chi connectivity index (χ1v) is 7.80. The van der Waals surface area contributed by atoms with Gasteiger partial charge in [0, 0.05) is 15.7 Å². The quantitative estimate of drug-likeness (QED) is 0.796. The maximum Gasteiger partial charge on any atom is 0.251 e. The Bertz CT molecular complexity index is 495. The van der Waals surface area contributed by atoms with Gasteiger partial charge in [-0.15, -0.1) is 0 Å². The molecule has 2 saturated carbocycles. The zero-order valence-electron chi connectivity index (χ0n) is 10.0. The molecule has 2 aliphatic rings. The average molecular weight is 376 g/mol. The molecule has 0 radical (unpaired) electrons. The second kappa shape index (κ2) is 4.67. The summed E-state index contributed by atoms with van der Waals surface area (Å²) in [7, 11) is 0. The third-order valence-corrected chi connectivity index (χ3v) is 5.69. The maximum absolute atomic E-state index is 12.1. The molecule has 1 aromatic rings. The van der Waals surface area contributed by atoms with E-state index in [1.165, 1.54) is 25.7 Å². The Kier molecular flexibility index (Phi) is 3.30. The van der Waals surface area contributed by atoms with Crippen molar-refractivity contribution in [1.82, 2.24) is 5.32 Å². The summed E-state index contributed by atoms with van der Waals surface area (Å²) in [5.41, 5.74) is 1.11. The van der Waals surface area contributed by atoms with Crippen LogP contribution in [0.25, 0.3) is 0 Å². The van der Waals surface area contributed by atoms with Crippen molar-refractivity contribution in [3.8, 4) is 0 Å². The highest BCUT2D eigenvalue weighted by Crippen LogP contribution is 2.60. The van der Waals surface area contributed by atoms with Gasteiger partial charge in [0.2, 0.25) is 0 Å². The fourth-order valence-corrected chi connectivity index (χ4v) is 3.10. The lowest BCUT2D eigenvalue weighted by Gasteiger charge is -2.15. The Balaban J connectivity index is 1.62. The lowest BCUT2D eigenvalue weighted by molar-refractivity contribution is 0.0942. The zero-order chi connectivity index (χ0) is 12.8. The van der Waals surface area contributed by atoms with E-state index in [9.17, 15) is 4.79 Å². The van der Waals surface area contributed by atoms with Crippen LogP contribution in [-0.4, -0.2) is 12.5 Å². The molecule has 3 rings (SSSR count). The van der Waals surface area contributed by atoms with Crippen LogP contribution in [0.5, 0.6) is 0 Å². The Morgan fingerprint density at radius 1 is 1.44 bits per heavy atom. The SMILES string of the molecule is O=C(NCC1(C2CC2)CC1)c1ccc(I)c(Cl)c1. The maximum atomic E-state index is 12.1. The number of nitrogens with one attached hydrogen (secondary N) is 1. The molecule has 1 aromatic carbocycles. The van der Waals surface area contributed by atoms with Crippen LogP contribution in [0, 0.1) is 14.9 Å². The lowest BCUT2D eigenvalue weighted by atomic mass is 10.0. The summed E-state index contributed by atoms with van der Waals surface area (Å²) in [4.78, 5) is 12.1. The van der Waals surface area contributed by atoms with E-state index in [4.69, 9.17) is 11.6 Å². The number of benzene rings is 1. The molecule has 96 valence electrons. The molecule has 0 unspecified atom stereocenters. The number of carbonyl (C=O) groups excluding carboxylic acids is 1. The Hall–Kier alpha value is -0.290. The van der Waals surface area contributed by atoms with Gasteiger partial charge in [-0.3, -0.25) is 4.79 Å². The number of halogens is 2. The summed E-state index contributed by atoms with van der Waals surface area (Å²) in [6.45, 7) is 0.833. The highest BCUT2D eigenvalue weighted by Gasteiger charge is 2.53. The van der Waals surface area contributed by atoms with Gasteiger partial charge < -0.3 is 5.32 Å². The van der Waals surface area contributed by atoms with E-state index in [0.717, 1.165) is 16.0 Å². The Morgan fingerprint density at radius 3 is 2.72 bits per heavy atom. The van der Waals surface area contributed by atoms with E-state index in [-0.39, 0.29) is 5.91 Å². The van der Waals surface area contributed by atoms with Gasteiger partial charge in [0.1, 0.15) is 0 Å². The van der Waals surface area contributed by atoms with Gasteiger partial charge in [0.05, 0.1) is 5.02 Å². The molecule has 18 heavy (non-hydrogen) atoms. The van der Waals surface area contributed by atoms with E-state index in [1.54, 1.807) is 6.07 Å². The summed E-state index contributed by atoms with van der Waals surface area (Å²) in [5.74, 6) is 0.873. The van der Waals surface area contributed by atoms with Crippen molar-refractivity contribution >= 4 is 40.1 Å². The molecule has 0 heterocycles. The predicted octanol–water partition coefficient (Wildman–Crippen LogP) is 3.86. The van der Waals surface area contributed by atoms with Gasteiger partial charge in [0.25, 0.3) is 5.91 Å². The fraction of sp³-hybridized carbons (Fsp3) is 0.500. The molecule has 2 aliphatic carbocycles. The van der Waals surface area contributed by atoms with Crippen LogP contribution >= 0.6 is 34.2 Å². The fourth-order valence-electron chi connectivity index (χ4n) is 2.58. The third-order valence-electron chi connectivity index (χ3n) is 4.12. The normalized spacial score (nSPS) is 20.6. The van der Waals surface area contributed by atoms with Gasteiger partial charge in [-0.25, -0.2) is 0 Å². The summed E-state index contributed by atoms with van der Waals surface area (Å²) >= 11 is 8.20. The highest BCUT2D eigenvalue weighted by atomic mass is 127. The second-order valence-electron chi connectivity index (χ2n) is 5.45.